The standard InChI is InChI=1S/C19H14N2O3S2/c22-15-10-5-9-14(12-15)17(23)20-21-18(24)16(26-19(21)25)11-4-8-13-6-2-1-3-7-13/h1-12,22H,(H,20,23). The fourth-order valence-electron chi connectivity index (χ4n) is 2.20. The Balaban J connectivity index is 1.69. The monoisotopic (exact) mass is 382 g/mol. The summed E-state index contributed by atoms with van der Waals surface area (Å²) >= 11 is 6.28. The van der Waals surface area contributed by atoms with E-state index in [1.165, 1.54) is 18.2 Å². The summed E-state index contributed by atoms with van der Waals surface area (Å²) in [6.07, 6.45) is 5.30. The molecule has 1 saturated heterocycles. The van der Waals surface area contributed by atoms with Crippen LogP contribution in [-0.2, 0) is 4.79 Å². The van der Waals surface area contributed by atoms with Crippen molar-refractivity contribution in [2.45, 2.75) is 0 Å². The number of amides is 2. The first-order valence-corrected chi connectivity index (χ1v) is 8.87. The number of nitrogens with zero attached hydrogens (tertiary/aromatic N) is 1. The van der Waals surface area contributed by atoms with Gasteiger partial charge in [0, 0.05) is 5.56 Å². The van der Waals surface area contributed by atoms with E-state index in [9.17, 15) is 14.7 Å². The number of benzene rings is 2. The zero-order valence-corrected chi connectivity index (χ0v) is 15.1. The van der Waals surface area contributed by atoms with Crippen LogP contribution in [0.4, 0.5) is 0 Å². The molecule has 5 nitrogen and oxygen atoms in total. The molecule has 1 heterocycles. The van der Waals surface area contributed by atoms with Gasteiger partial charge in [-0.1, -0.05) is 60.3 Å². The summed E-state index contributed by atoms with van der Waals surface area (Å²) < 4.78 is 0.239. The molecule has 0 aromatic heterocycles. The number of hydrogen-bond acceptors (Lipinski definition) is 5. The van der Waals surface area contributed by atoms with Crippen molar-refractivity contribution in [2.75, 3.05) is 0 Å². The number of phenolic OH excluding ortho intramolecular Hbond substituents is 1. The highest BCUT2D eigenvalue weighted by Crippen LogP contribution is 2.29. The summed E-state index contributed by atoms with van der Waals surface area (Å²) in [5.74, 6) is -0.960. The Bertz CT molecular complexity index is 923. The van der Waals surface area contributed by atoms with Crippen molar-refractivity contribution in [3.8, 4) is 5.75 Å². The van der Waals surface area contributed by atoms with E-state index in [2.05, 4.69) is 5.43 Å². The van der Waals surface area contributed by atoms with Gasteiger partial charge >= 0.3 is 0 Å². The van der Waals surface area contributed by atoms with Gasteiger partial charge in [-0.3, -0.25) is 15.0 Å². The molecule has 0 spiro atoms. The normalized spacial score (nSPS) is 15.8. The molecular formula is C19H14N2O3S2. The van der Waals surface area contributed by atoms with Crippen LogP contribution in [0.2, 0.25) is 0 Å². The lowest BCUT2D eigenvalue weighted by Crippen LogP contribution is -2.44. The quantitative estimate of drug-likeness (QED) is 0.626. The van der Waals surface area contributed by atoms with Crippen LogP contribution in [0.3, 0.4) is 0 Å². The van der Waals surface area contributed by atoms with Crippen LogP contribution < -0.4 is 5.43 Å². The first kappa shape index (κ1) is 17.9. The number of carbonyl (C=O) groups is 2. The average molecular weight is 382 g/mol. The molecule has 0 saturated carbocycles. The molecule has 2 amide bonds. The Kier molecular flexibility index (Phi) is 5.50. The Morgan fingerprint density at radius 1 is 1.15 bits per heavy atom. The lowest BCUT2D eigenvalue weighted by atomic mass is 10.2. The van der Waals surface area contributed by atoms with Crippen LogP contribution in [0.25, 0.3) is 6.08 Å². The van der Waals surface area contributed by atoms with Crippen LogP contribution in [0.1, 0.15) is 15.9 Å². The van der Waals surface area contributed by atoms with Crippen molar-refractivity contribution in [2.24, 2.45) is 0 Å². The molecule has 0 aliphatic carbocycles. The molecule has 0 unspecified atom stereocenters. The highest BCUT2D eigenvalue weighted by Gasteiger charge is 2.33. The van der Waals surface area contributed by atoms with Gasteiger partial charge in [0.1, 0.15) is 5.75 Å². The minimum absolute atomic E-state index is 0.0333. The smallest absolute Gasteiger partial charge is 0.285 e. The van der Waals surface area contributed by atoms with Crippen molar-refractivity contribution >= 4 is 46.2 Å². The molecule has 3 rings (SSSR count). The van der Waals surface area contributed by atoms with Gasteiger partial charge in [0.2, 0.25) is 0 Å². The van der Waals surface area contributed by atoms with E-state index in [1.807, 2.05) is 36.4 Å². The van der Waals surface area contributed by atoms with Gasteiger partial charge in [0.25, 0.3) is 11.8 Å². The number of hydrazine groups is 1. The van der Waals surface area contributed by atoms with Crippen LogP contribution in [0, 0.1) is 0 Å². The number of carbonyl (C=O) groups excluding carboxylic acids is 2. The predicted octanol–water partition coefficient (Wildman–Crippen LogP) is 3.49. The topological polar surface area (TPSA) is 69.6 Å². The molecule has 2 N–H and O–H groups in total. The first-order valence-electron chi connectivity index (χ1n) is 7.64. The molecule has 1 fully saturated rings. The van der Waals surface area contributed by atoms with Gasteiger partial charge in [0.05, 0.1) is 4.91 Å². The van der Waals surface area contributed by atoms with Crippen molar-refractivity contribution < 1.29 is 14.7 Å². The maximum atomic E-state index is 12.4. The van der Waals surface area contributed by atoms with E-state index >= 15 is 0 Å². The number of thiocarbonyl (C=S) groups is 1. The van der Waals surface area contributed by atoms with Crippen LogP contribution in [-0.4, -0.2) is 26.3 Å². The van der Waals surface area contributed by atoms with Gasteiger partial charge < -0.3 is 5.11 Å². The van der Waals surface area contributed by atoms with Crippen molar-refractivity contribution in [3.63, 3.8) is 0 Å². The van der Waals surface area contributed by atoms with Gasteiger partial charge in [-0.2, -0.15) is 5.01 Å². The minimum Gasteiger partial charge on any atom is -0.508 e. The molecule has 130 valence electrons. The SMILES string of the molecule is O=C(NN1C(=O)C(=CC=Cc2ccccc2)SC1=S)c1cccc(O)c1. The Labute approximate surface area is 160 Å². The Hall–Kier alpha value is -2.90. The fraction of sp³-hybridized carbons (Fsp3) is 0. The van der Waals surface area contributed by atoms with Crippen molar-refractivity contribution in [1.29, 1.82) is 0 Å². The van der Waals surface area contributed by atoms with Crippen LogP contribution in [0.15, 0.2) is 71.7 Å². The highest BCUT2D eigenvalue weighted by atomic mass is 32.2. The van der Waals surface area contributed by atoms with E-state index in [4.69, 9.17) is 12.2 Å². The molecule has 2 aromatic rings. The van der Waals surface area contributed by atoms with Gasteiger partial charge in [0.15, 0.2) is 4.32 Å². The number of allylic oxidation sites excluding steroid dienone is 2. The van der Waals surface area contributed by atoms with E-state index in [0.717, 1.165) is 22.3 Å². The number of thioether (sulfide) groups is 1. The summed E-state index contributed by atoms with van der Waals surface area (Å²) in [5, 5.41) is 10.5. The van der Waals surface area contributed by atoms with Gasteiger partial charge in [-0.15, -0.1) is 0 Å². The van der Waals surface area contributed by atoms with Gasteiger partial charge in [-0.05, 0) is 42.1 Å². The molecule has 1 aliphatic rings. The van der Waals surface area contributed by atoms with Crippen LogP contribution >= 0.6 is 24.0 Å². The highest BCUT2D eigenvalue weighted by molar-refractivity contribution is 8.26. The summed E-state index contributed by atoms with van der Waals surface area (Å²) in [4.78, 5) is 25.1. The maximum absolute atomic E-state index is 12.4. The maximum Gasteiger partial charge on any atom is 0.285 e. The molecule has 1 aliphatic heterocycles. The first-order chi connectivity index (χ1) is 12.5. The average Bonchev–Trinajstić information content (AvgIpc) is 2.90. The number of phenols is 1. The molecule has 26 heavy (non-hydrogen) atoms. The van der Waals surface area contributed by atoms with E-state index < -0.39 is 11.8 Å². The second-order valence-electron chi connectivity index (χ2n) is 5.30. The second kappa shape index (κ2) is 7.99. The summed E-state index contributed by atoms with van der Waals surface area (Å²) in [7, 11) is 0. The third-order valence-electron chi connectivity index (χ3n) is 3.45. The Morgan fingerprint density at radius 3 is 2.65 bits per heavy atom. The van der Waals surface area contributed by atoms with E-state index in [0.29, 0.717) is 4.91 Å². The molecule has 0 radical (unpaired) electrons. The third kappa shape index (κ3) is 4.19. The molecule has 0 bridgehead atoms. The lowest BCUT2D eigenvalue weighted by Gasteiger charge is -2.15. The van der Waals surface area contributed by atoms with Crippen molar-refractivity contribution in [1.82, 2.24) is 10.4 Å². The number of rotatable bonds is 4. The molecule has 7 heteroatoms. The number of hydrogen-bond donors (Lipinski definition) is 2. The zero-order valence-electron chi connectivity index (χ0n) is 13.5. The van der Waals surface area contributed by atoms with Crippen molar-refractivity contribution in [3.05, 3.63) is 82.8 Å². The zero-order chi connectivity index (χ0) is 18.5. The summed E-state index contributed by atoms with van der Waals surface area (Å²) in [6.45, 7) is 0. The molecule has 0 atom stereocenters. The van der Waals surface area contributed by atoms with E-state index in [1.54, 1.807) is 18.2 Å². The third-order valence-corrected chi connectivity index (χ3v) is 4.77. The lowest BCUT2D eigenvalue weighted by molar-refractivity contribution is -0.123. The number of aromatic hydroxyl groups is 1. The van der Waals surface area contributed by atoms with Crippen LogP contribution in [0.5, 0.6) is 5.75 Å². The molecular weight excluding hydrogens is 368 g/mol. The minimum atomic E-state index is -0.529. The molecule has 2 aromatic carbocycles. The summed E-state index contributed by atoms with van der Waals surface area (Å²) in [5.41, 5.74) is 3.71. The van der Waals surface area contributed by atoms with E-state index in [-0.39, 0.29) is 15.6 Å². The largest absolute Gasteiger partial charge is 0.508 e. The Morgan fingerprint density at radius 2 is 1.92 bits per heavy atom. The summed E-state index contributed by atoms with van der Waals surface area (Å²) in [6, 6.07) is 15.5. The number of nitrogens with one attached hydrogen (secondary N) is 1. The predicted molar refractivity (Wildman–Crippen MR) is 106 cm³/mol. The fourth-order valence-corrected chi connectivity index (χ4v) is 3.33. The second-order valence-corrected chi connectivity index (χ2v) is 6.98. The van der Waals surface area contributed by atoms with Gasteiger partial charge in [-0.25, -0.2) is 0 Å².